The predicted molar refractivity (Wildman–Crippen MR) is 109 cm³/mol. The molecule has 5 nitrogen and oxygen atoms in total. The minimum atomic E-state index is -0.157. The molecule has 27 heavy (non-hydrogen) atoms. The molecule has 3 rings (SSSR count). The van der Waals surface area contributed by atoms with Gasteiger partial charge in [-0.15, -0.1) is 0 Å². The highest BCUT2D eigenvalue weighted by Crippen LogP contribution is 2.23. The van der Waals surface area contributed by atoms with Crippen molar-refractivity contribution in [1.82, 2.24) is 14.9 Å². The van der Waals surface area contributed by atoms with E-state index in [1.54, 1.807) is 13.2 Å². The second kappa shape index (κ2) is 8.36. The molecule has 0 bridgehead atoms. The first-order valence-corrected chi connectivity index (χ1v) is 9.77. The van der Waals surface area contributed by atoms with E-state index < -0.39 is 0 Å². The topological polar surface area (TPSA) is 58.2 Å². The molecule has 1 saturated heterocycles. The Balaban J connectivity index is 1.72. The average molecular weight is 370 g/mol. The third-order valence-corrected chi connectivity index (χ3v) is 5.15. The van der Waals surface area contributed by atoms with Crippen LogP contribution in [0.4, 0.5) is 0 Å². The number of ether oxygens (including phenoxy) is 1. The molecule has 1 atom stereocenters. The fourth-order valence-electron chi connectivity index (χ4n) is 3.67. The summed E-state index contributed by atoms with van der Waals surface area (Å²) in [5.41, 5.74) is 2.77. The van der Waals surface area contributed by atoms with Gasteiger partial charge in [-0.1, -0.05) is 45.0 Å². The molecule has 0 spiro atoms. The molecule has 0 aliphatic carbocycles. The Morgan fingerprint density at radius 3 is 2.67 bits per heavy atom. The van der Waals surface area contributed by atoms with Gasteiger partial charge in [-0.3, -0.25) is 9.69 Å². The second-order valence-electron chi connectivity index (χ2n) is 8.62. The van der Waals surface area contributed by atoms with Crippen molar-refractivity contribution in [2.75, 3.05) is 26.8 Å². The minimum absolute atomic E-state index is 0.105. The van der Waals surface area contributed by atoms with Crippen LogP contribution in [0.2, 0.25) is 0 Å². The van der Waals surface area contributed by atoms with Crippen molar-refractivity contribution in [3.05, 3.63) is 51.9 Å². The fourth-order valence-corrected chi connectivity index (χ4v) is 3.67. The number of aromatic nitrogens is 2. The maximum atomic E-state index is 12.0. The van der Waals surface area contributed by atoms with Crippen LogP contribution >= 0.6 is 0 Å². The molecule has 1 aliphatic heterocycles. The van der Waals surface area contributed by atoms with Crippen molar-refractivity contribution in [3.63, 3.8) is 0 Å². The van der Waals surface area contributed by atoms with Crippen molar-refractivity contribution in [1.29, 1.82) is 0 Å². The summed E-state index contributed by atoms with van der Waals surface area (Å²) in [6.07, 6.45) is 2.49. The van der Waals surface area contributed by atoms with E-state index in [2.05, 4.69) is 59.9 Å². The standard InChI is InChI=1S/C22H31N3O2/c1-22(2,3)19-12-20(26)24-21(23-19)18-9-7-16(8-10-18)13-25-11-5-6-17(14-25)15-27-4/h7-10,12,17H,5-6,11,13-15H2,1-4H3,(H,23,24,26). The summed E-state index contributed by atoms with van der Waals surface area (Å²) in [5, 5.41) is 0. The van der Waals surface area contributed by atoms with E-state index >= 15 is 0 Å². The lowest BCUT2D eigenvalue weighted by molar-refractivity contribution is 0.0874. The number of hydrogen-bond acceptors (Lipinski definition) is 4. The molecule has 1 aromatic carbocycles. The Morgan fingerprint density at radius 1 is 1.26 bits per heavy atom. The molecule has 5 heteroatoms. The predicted octanol–water partition coefficient (Wildman–Crippen LogP) is 3.59. The zero-order valence-corrected chi connectivity index (χ0v) is 16.9. The van der Waals surface area contributed by atoms with E-state index in [4.69, 9.17) is 4.74 Å². The minimum Gasteiger partial charge on any atom is -0.384 e. The Kier molecular flexibility index (Phi) is 6.12. The number of rotatable bonds is 5. The normalized spacial score (nSPS) is 18.6. The van der Waals surface area contributed by atoms with E-state index in [1.165, 1.54) is 18.4 Å². The first kappa shape index (κ1) is 19.8. The van der Waals surface area contributed by atoms with Crippen LogP contribution < -0.4 is 5.56 Å². The monoisotopic (exact) mass is 369 g/mol. The molecule has 1 fully saturated rings. The number of piperidine rings is 1. The maximum Gasteiger partial charge on any atom is 0.251 e. The van der Waals surface area contributed by atoms with Crippen LogP contribution in [0, 0.1) is 5.92 Å². The van der Waals surface area contributed by atoms with Gasteiger partial charge in [0, 0.05) is 37.2 Å². The first-order valence-electron chi connectivity index (χ1n) is 9.77. The number of hydrogen-bond donors (Lipinski definition) is 1. The van der Waals surface area contributed by atoms with Crippen LogP contribution in [0.15, 0.2) is 35.1 Å². The molecular formula is C22H31N3O2. The Labute approximate surface area is 161 Å². The summed E-state index contributed by atoms with van der Waals surface area (Å²) in [6, 6.07) is 9.97. The quantitative estimate of drug-likeness (QED) is 0.875. The summed E-state index contributed by atoms with van der Waals surface area (Å²) in [4.78, 5) is 22.1. The smallest absolute Gasteiger partial charge is 0.251 e. The summed E-state index contributed by atoms with van der Waals surface area (Å²) in [5.74, 6) is 1.27. The number of nitrogens with zero attached hydrogens (tertiary/aromatic N) is 2. The Bertz CT molecular complexity index is 804. The lowest BCUT2D eigenvalue weighted by atomic mass is 9.92. The largest absolute Gasteiger partial charge is 0.384 e. The summed E-state index contributed by atoms with van der Waals surface area (Å²) >= 11 is 0. The van der Waals surface area contributed by atoms with Gasteiger partial charge in [-0.25, -0.2) is 4.98 Å². The van der Waals surface area contributed by atoms with Crippen LogP contribution in [0.25, 0.3) is 11.4 Å². The third kappa shape index (κ3) is 5.27. The molecule has 1 aliphatic rings. The van der Waals surface area contributed by atoms with Crippen LogP contribution in [-0.2, 0) is 16.7 Å². The third-order valence-electron chi connectivity index (χ3n) is 5.15. The highest BCUT2D eigenvalue weighted by molar-refractivity contribution is 5.55. The molecule has 2 heterocycles. The fraction of sp³-hybridized carbons (Fsp3) is 0.545. The van der Waals surface area contributed by atoms with Crippen LogP contribution in [-0.4, -0.2) is 41.7 Å². The number of nitrogens with one attached hydrogen (secondary N) is 1. The van der Waals surface area contributed by atoms with Gasteiger partial charge in [-0.05, 0) is 30.9 Å². The van der Waals surface area contributed by atoms with Gasteiger partial charge >= 0.3 is 0 Å². The van der Waals surface area contributed by atoms with Crippen molar-refractivity contribution in [3.8, 4) is 11.4 Å². The number of H-pyrrole nitrogens is 1. The van der Waals surface area contributed by atoms with Gasteiger partial charge in [-0.2, -0.15) is 0 Å². The molecule has 0 amide bonds. The van der Waals surface area contributed by atoms with Crippen molar-refractivity contribution in [2.24, 2.45) is 5.92 Å². The summed E-state index contributed by atoms with van der Waals surface area (Å²) in [7, 11) is 1.78. The van der Waals surface area contributed by atoms with Gasteiger partial charge in [0.25, 0.3) is 5.56 Å². The number of benzene rings is 1. The molecule has 0 radical (unpaired) electrons. The van der Waals surface area contributed by atoms with Crippen LogP contribution in [0.5, 0.6) is 0 Å². The van der Waals surface area contributed by atoms with E-state index in [0.717, 1.165) is 37.5 Å². The van der Waals surface area contributed by atoms with Crippen molar-refractivity contribution in [2.45, 2.75) is 45.6 Å². The first-order chi connectivity index (χ1) is 12.8. The molecule has 0 saturated carbocycles. The SMILES string of the molecule is COCC1CCCN(Cc2ccc(-c3nc(C(C)(C)C)cc(=O)[nH]3)cc2)C1. The molecule has 2 aromatic rings. The number of likely N-dealkylation sites (tertiary alicyclic amines) is 1. The molecular weight excluding hydrogens is 338 g/mol. The maximum absolute atomic E-state index is 12.0. The molecule has 1 aromatic heterocycles. The van der Waals surface area contributed by atoms with E-state index in [1.807, 2.05) is 0 Å². The molecule has 1 N–H and O–H groups in total. The zero-order valence-electron chi connectivity index (χ0n) is 16.9. The van der Waals surface area contributed by atoms with Crippen molar-refractivity contribution >= 4 is 0 Å². The second-order valence-corrected chi connectivity index (χ2v) is 8.62. The van der Waals surface area contributed by atoms with E-state index in [0.29, 0.717) is 11.7 Å². The van der Waals surface area contributed by atoms with Gasteiger partial charge in [0.15, 0.2) is 0 Å². The number of methoxy groups -OCH3 is 1. The zero-order chi connectivity index (χ0) is 19.4. The van der Waals surface area contributed by atoms with E-state index in [9.17, 15) is 4.79 Å². The van der Waals surface area contributed by atoms with Gasteiger partial charge in [0.2, 0.25) is 0 Å². The summed E-state index contributed by atoms with van der Waals surface area (Å²) < 4.78 is 5.33. The lowest BCUT2D eigenvalue weighted by Gasteiger charge is -2.32. The Hall–Kier alpha value is -1.98. The molecule has 146 valence electrons. The van der Waals surface area contributed by atoms with Gasteiger partial charge in [0.1, 0.15) is 5.82 Å². The van der Waals surface area contributed by atoms with Crippen LogP contribution in [0.3, 0.4) is 0 Å². The number of aromatic amines is 1. The van der Waals surface area contributed by atoms with Gasteiger partial charge in [0.05, 0.1) is 12.3 Å². The highest BCUT2D eigenvalue weighted by atomic mass is 16.5. The average Bonchev–Trinajstić information content (AvgIpc) is 2.62. The lowest BCUT2D eigenvalue weighted by Crippen LogP contribution is -2.36. The highest BCUT2D eigenvalue weighted by Gasteiger charge is 2.20. The summed E-state index contributed by atoms with van der Waals surface area (Å²) in [6.45, 7) is 10.2. The Morgan fingerprint density at radius 2 is 2.00 bits per heavy atom. The molecule has 1 unspecified atom stereocenters. The van der Waals surface area contributed by atoms with Crippen LogP contribution in [0.1, 0.15) is 44.9 Å². The van der Waals surface area contributed by atoms with E-state index in [-0.39, 0.29) is 11.0 Å². The van der Waals surface area contributed by atoms with Crippen molar-refractivity contribution < 1.29 is 4.74 Å². The van der Waals surface area contributed by atoms with Gasteiger partial charge < -0.3 is 9.72 Å².